The van der Waals surface area contributed by atoms with Gasteiger partial charge in [0.2, 0.25) is 11.9 Å². The highest BCUT2D eigenvalue weighted by Crippen LogP contribution is 2.24. The average molecular weight is 365 g/mol. The highest BCUT2D eigenvalue weighted by Gasteiger charge is 2.21. The van der Waals surface area contributed by atoms with Crippen molar-refractivity contribution in [2.45, 2.75) is 31.8 Å². The third kappa shape index (κ3) is 4.54. The number of nitrogens with zero attached hydrogens (tertiary/aromatic N) is 3. The van der Waals surface area contributed by atoms with Gasteiger partial charge in [0.05, 0.1) is 6.42 Å². The van der Waals surface area contributed by atoms with E-state index >= 15 is 0 Å². The van der Waals surface area contributed by atoms with Crippen molar-refractivity contribution < 1.29 is 18.3 Å². The van der Waals surface area contributed by atoms with E-state index in [0.29, 0.717) is 17.3 Å². The number of aromatic nitrogens is 3. The molecular formula is C17H21F2N5O2. The molecule has 1 aliphatic heterocycles. The SMILES string of the molecule is Cn1nc(C2CCNCC2)nc1NC(=O)Cc1ccccc1OC(F)F. The van der Waals surface area contributed by atoms with Gasteiger partial charge in [0.15, 0.2) is 5.82 Å². The van der Waals surface area contributed by atoms with Crippen molar-refractivity contribution in [3.8, 4) is 5.75 Å². The third-order valence-corrected chi connectivity index (χ3v) is 4.27. The molecule has 1 fully saturated rings. The lowest BCUT2D eigenvalue weighted by Gasteiger charge is -2.19. The smallest absolute Gasteiger partial charge is 0.387 e. The number of alkyl halides is 2. The molecule has 0 radical (unpaired) electrons. The molecular weight excluding hydrogens is 344 g/mol. The molecule has 26 heavy (non-hydrogen) atoms. The number of halogens is 2. The van der Waals surface area contributed by atoms with Crippen LogP contribution in [0.2, 0.25) is 0 Å². The van der Waals surface area contributed by atoms with Crippen LogP contribution < -0.4 is 15.4 Å². The number of carbonyl (C=O) groups is 1. The second kappa shape index (κ2) is 8.22. The van der Waals surface area contributed by atoms with Gasteiger partial charge in [-0.05, 0) is 32.0 Å². The highest BCUT2D eigenvalue weighted by molar-refractivity contribution is 5.91. The largest absolute Gasteiger partial charge is 0.435 e. The van der Waals surface area contributed by atoms with Gasteiger partial charge in [0, 0.05) is 18.5 Å². The Balaban J connectivity index is 1.66. The van der Waals surface area contributed by atoms with Gasteiger partial charge >= 0.3 is 6.61 Å². The lowest BCUT2D eigenvalue weighted by Crippen LogP contribution is -2.27. The van der Waals surface area contributed by atoms with E-state index in [-0.39, 0.29) is 24.0 Å². The number of aryl methyl sites for hydroxylation is 1. The molecule has 0 aliphatic carbocycles. The third-order valence-electron chi connectivity index (χ3n) is 4.27. The number of anilines is 1. The first-order valence-corrected chi connectivity index (χ1v) is 8.47. The van der Waals surface area contributed by atoms with Crippen molar-refractivity contribution in [3.05, 3.63) is 35.7 Å². The van der Waals surface area contributed by atoms with Crippen LogP contribution in [0.15, 0.2) is 24.3 Å². The molecule has 9 heteroatoms. The molecule has 2 N–H and O–H groups in total. The van der Waals surface area contributed by atoms with Crippen LogP contribution >= 0.6 is 0 Å². The maximum absolute atomic E-state index is 12.5. The fraction of sp³-hybridized carbons (Fsp3) is 0.471. The Kier molecular flexibility index (Phi) is 5.77. The zero-order valence-electron chi connectivity index (χ0n) is 14.4. The lowest BCUT2D eigenvalue weighted by molar-refractivity contribution is -0.115. The number of hydrogen-bond donors (Lipinski definition) is 2. The van der Waals surface area contributed by atoms with Crippen molar-refractivity contribution in [1.29, 1.82) is 0 Å². The molecule has 0 unspecified atom stereocenters. The fourth-order valence-electron chi connectivity index (χ4n) is 2.97. The van der Waals surface area contributed by atoms with Gasteiger partial charge in [0.25, 0.3) is 0 Å². The summed E-state index contributed by atoms with van der Waals surface area (Å²) in [6.45, 7) is -1.10. The van der Waals surface area contributed by atoms with Crippen LogP contribution in [0.25, 0.3) is 0 Å². The maximum atomic E-state index is 12.5. The fourth-order valence-corrected chi connectivity index (χ4v) is 2.97. The van der Waals surface area contributed by atoms with Crippen LogP contribution in [0.4, 0.5) is 14.7 Å². The summed E-state index contributed by atoms with van der Waals surface area (Å²) < 4.78 is 30.9. The molecule has 1 saturated heterocycles. The summed E-state index contributed by atoms with van der Waals surface area (Å²) in [6, 6.07) is 6.23. The second-order valence-corrected chi connectivity index (χ2v) is 6.15. The summed E-state index contributed by atoms with van der Waals surface area (Å²) in [4.78, 5) is 16.7. The van der Waals surface area contributed by atoms with Gasteiger partial charge in [-0.2, -0.15) is 18.9 Å². The number of carbonyl (C=O) groups excluding carboxylic acids is 1. The number of hydrogen-bond acceptors (Lipinski definition) is 5. The Morgan fingerprint density at radius 2 is 2.12 bits per heavy atom. The van der Waals surface area contributed by atoms with E-state index in [1.165, 1.54) is 10.7 Å². The number of ether oxygens (including phenoxy) is 1. The molecule has 1 aliphatic rings. The van der Waals surface area contributed by atoms with Crippen molar-refractivity contribution >= 4 is 11.9 Å². The molecule has 1 amide bonds. The van der Waals surface area contributed by atoms with E-state index in [0.717, 1.165) is 25.9 Å². The molecule has 0 atom stereocenters. The first-order chi connectivity index (χ1) is 12.5. The molecule has 0 saturated carbocycles. The predicted molar refractivity (Wildman–Crippen MR) is 91.3 cm³/mol. The Hall–Kier alpha value is -2.55. The van der Waals surface area contributed by atoms with E-state index in [2.05, 4.69) is 25.5 Å². The van der Waals surface area contributed by atoms with Crippen molar-refractivity contribution in [2.75, 3.05) is 18.4 Å². The highest BCUT2D eigenvalue weighted by atomic mass is 19.3. The lowest BCUT2D eigenvalue weighted by atomic mass is 9.98. The summed E-state index contributed by atoms with van der Waals surface area (Å²) in [5.41, 5.74) is 0.381. The van der Waals surface area contributed by atoms with Crippen molar-refractivity contribution in [2.24, 2.45) is 7.05 Å². The molecule has 2 aromatic rings. The zero-order chi connectivity index (χ0) is 18.5. The number of piperidine rings is 1. The summed E-state index contributed by atoms with van der Waals surface area (Å²) >= 11 is 0. The molecule has 140 valence electrons. The molecule has 1 aromatic carbocycles. The standard InChI is InChI=1S/C17H21F2N5O2/c1-24-17(22-15(23-24)11-6-8-20-9-7-11)21-14(25)10-12-4-2-3-5-13(12)26-16(18)19/h2-5,11,16,20H,6-10H2,1H3,(H,21,22,23,25). The van der Waals surface area contributed by atoms with Gasteiger partial charge in [0.1, 0.15) is 5.75 Å². The van der Waals surface area contributed by atoms with E-state index in [4.69, 9.17) is 0 Å². The van der Waals surface area contributed by atoms with Gasteiger partial charge in [-0.3, -0.25) is 10.1 Å². The first-order valence-electron chi connectivity index (χ1n) is 8.47. The summed E-state index contributed by atoms with van der Waals surface area (Å²) in [5, 5.41) is 10.4. The van der Waals surface area contributed by atoms with Crippen LogP contribution in [0.1, 0.15) is 30.1 Å². The molecule has 0 bridgehead atoms. The molecule has 0 spiro atoms. The van der Waals surface area contributed by atoms with Crippen LogP contribution in [0.3, 0.4) is 0 Å². The number of para-hydroxylation sites is 1. The zero-order valence-corrected chi connectivity index (χ0v) is 14.4. The molecule has 7 nitrogen and oxygen atoms in total. The van der Waals surface area contributed by atoms with Gasteiger partial charge in [-0.25, -0.2) is 4.68 Å². The summed E-state index contributed by atoms with van der Waals surface area (Å²) in [7, 11) is 1.71. The van der Waals surface area contributed by atoms with Gasteiger partial charge < -0.3 is 10.1 Å². The number of amides is 1. The molecule has 3 rings (SSSR count). The van der Waals surface area contributed by atoms with E-state index in [1.807, 2.05) is 0 Å². The van der Waals surface area contributed by atoms with E-state index < -0.39 is 6.61 Å². The predicted octanol–water partition coefficient (Wildman–Crippen LogP) is 2.06. The van der Waals surface area contributed by atoms with Crippen molar-refractivity contribution in [1.82, 2.24) is 20.1 Å². The van der Waals surface area contributed by atoms with Crippen LogP contribution in [-0.4, -0.2) is 40.4 Å². The van der Waals surface area contributed by atoms with Crippen LogP contribution in [0, 0.1) is 0 Å². The quantitative estimate of drug-likeness (QED) is 0.819. The summed E-state index contributed by atoms with van der Waals surface area (Å²) in [6.07, 6.45) is 1.81. The Morgan fingerprint density at radius 1 is 1.38 bits per heavy atom. The van der Waals surface area contributed by atoms with Crippen molar-refractivity contribution in [3.63, 3.8) is 0 Å². The average Bonchev–Trinajstić information content (AvgIpc) is 2.97. The number of benzene rings is 1. The van der Waals surface area contributed by atoms with Gasteiger partial charge in [-0.1, -0.05) is 18.2 Å². The minimum absolute atomic E-state index is 0.00832. The van der Waals surface area contributed by atoms with Crippen LogP contribution in [0.5, 0.6) is 5.75 Å². The Morgan fingerprint density at radius 3 is 2.85 bits per heavy atom. The van der Waals surface area contributed by atoms with Crippen LogP contribution in [-0.2, 0) is 18.3 Å². The summed E-state index contributed by atoms with van der Waals surface area (Å²) in [5.74, 6) is 0.948. The van der Waals surface area contributed by atoms with E-state index in [9.17, 15) is 13.6 Å². The molecule has 2 heterocycles. The number of nitrogens with one attached hydrogen (secondary N) is 2. The monoisotopic (exact) mass is 365 g/mol. The first kappa shape index (κ1) is 18.2. The maximum Gasteiger partial charge on any atom is 0.387 e. The van der Waals surface area contributed by atoms with Gasteiger partial charge in [-0.15, -0.1) is 0 Å². The van der Waals surface area contributed by atoms with E-state index in [1.54, 1.807) is 25.2 Å². The Labute approximate surface area is 149 Å². The Bertz CT molecular complexity index is 759. The topological polar surface area (TPSA) is 81.1 Å². The minimum atomic E-state index is -2.94. The molecule has 1 aromatic heterocycles. The number of rotatable bonds is 6. The normalized spacial score (nSPS) is 15.2. The minimum Gasteiger partial charge on any atom is -0.435 e. The second-order valence-electron chi connectivity index (χ2n) is 6.15.